The lowest BCUT2D eigenvalue weighted by Crippen LogP contribution is -2.34. The molecular weight excluding hydrogens is 361 g/mol. The normalized spacial score (nSPS) is 15.0. The molecule has 2 aromatic carbocycles. The smallest absolute Gasteiger partial charge is 0.497 e. The summed E-state index contributed by atoms with van der Waals surface area (Å²) in [7, 11) is 1.57. The van der Waals surface area contributed by atoms with Crippen LogP contribution in [0.3, 0.4) is 0 Å². The van der Waals surface area contributed by atoms with Gasteiger partial charge in [-0.3, -0.25) is 0 Å². The molecule has 0 heterocycles. The van der Waals surface area contributed by atoms with Crippen LogP contribution in [-0.4, -0.2) is 19.5 Å². The maximum absolute atomic E-state index is 12.5. The predicted molar refractivity (Wildman–Crippen MR) is 93.7 cm³/mol. The molecule has 27 heavy (non-hydrogen) atoms. The van der Waals surface area contributed by atoms with Gasteiger partial charge in [0.2, 0.25) is 0 Å². The third kappa shape index (κ3) is 5.29. The molecule has 2 amide bonds. The van der Waals surface area contributed by atoms with Crippen molar-refractivity contribution >= 4 is 11.7 Å². The van der Waals surface area contributed by atoms with Gasteiger partial charge in [0.1, 0.15) is 5.75 Å². The minimum absolute atomic E-state index is 0.0587. The van der Waals surface area contributed by atoms with E-state index in [4.69, 9.17) is 4.74 Å². The Morgan fingerprint density at radius 1 is 1.11 bits per heavy atom. The number of rotatable bonds is 6. The third-order valence-corrected chi connectivity index (χ3v) is 4.22. The average molecular weight is 380 g/mol. The summed E-state index contributed by atoms with van der Waals surface area (Å²) in [5.41, 5.74) is 0.852. The number of nitrogens with one attached hydrogen (secondary N) is 2. The second-order valence-electron chi connectivity index (χ2n) is 6.23. The van der Waals surface area contributed by atoms with Crippen LogP contribution in [0.15, 0.2) is 48.5 Å². The lowest BCUT2D eigenvalue weighted by molar-refractivity contribution is -0.274. The van der Waals surface area contributed by atoms with Gasteiger partial charge in [-0.25, -0.2) is 4.79 Å². The molecule has 0 aromatic heterocycles. The molecule has 1 aliphatic carbocycles. The lowest BCUT2D eigenvalue weighted by atomic mass is 10.0. The minimum atomic E-state index is -4.84. The molecule has 0 spiro atoms. The molecule has 144 valence electrons. The van der Waals surface area contributed by atoms with Gasteiger partial charge in [-0.05, 0) is 48.6 Å². The molecule has 8 heteroatoms. The molecule has 1 aliphatic rings. The van der Waals surface area contributed by atoms with E-state index in [1.165, 1.54) is 18.2 Å². The fraction of sp³-hybridized carbons (Fsp3) is 0.316. The van der Waals surface area contributed by atoms with E-state index in [-0.39, 0.29) is 11.7 Å². The Balaban J connectivity index is 1.70. The number of urea groups is 1. The molecule has 2 N–H and O–H groups in total. The fourth-order valence-corrected chi connectivity index (χ4v) is 2.80. The second-order valence-corrected chi connectivity index (χ2v) is 6.23. The summed E-state index contributed by atoms with van der Waals surface area (Å²) in [6, 6.07) is 11.9. The van der Waals surface area contributed by atoms with Crippen LogP contribution in [0.5, 0.6) is 11.5 Å². The number of anilines is 1. The lowest BCUT2D eigenvalue weighted by Gasteiger charge is -2.20. The van der Waals surface area contributed by atoms with Gasteiger partial charge in [-0.1, -0.05) is 24.3 Å². The molecule has 0 bridgehead atoms. The highest BCUT2D eigenvalue weighted by molar-refractivity contribution is 5.91. The summed E-state index contributed by atoms with van der Waals surface area (Å²) >= 11 is 0. The van der Waals surface area contributed by atoms with Gasteiger partial charge in [0, 0.05) is 0 Å². The highest BCUT2D eigenvalue weighted by Gasteiger charge is 2.34. The van der Waals surface area contributed by atoms with Crippen molar-refractivity contribution in [1.29, 1.82) is 0 Å². The van der Waals surface area contributed by atoms with E-state index >= 15 is 0 Å². The molecule has 1 saturated carbocycles. The van der Waals surface area contributed by atoms with Gasteiger partial charge < -0.3 is 20.1 Å². The fourth-order valence-electron chi connectivity index (χ4n) is 2.80. The van der Waals surface area contributed by atoms with Gasteiger partial charge in [0.05, 0.1) is 18.8 Å². The number of hydrogen-bond donors (Lipinski definition) is 2. The standard InChI is InChI=1S/C19H19F3N2O3/c1-26-14-10-8-13(9-11-14)17(12-6-7-12)24-18(25)23-15-4-2-3-5-16(15)27-19(20,21)22/h2-5,8-12,17H,6-7H2,1H3,(H2,23,24,25). The molecule has 0 saturated heterocycles. The Hall–Kier alpha value is -2.90. The molecule has 1 atom stereocenters. The summed E-state index contributed by atoms with van der Waals surface area (Å²) in [6.07, 6.45) is -2.89. The number of benzene rings is 2. The highest BCUT2D eigenvalue weighted by Crippen LogP contribution is 2.41. The zero-order chi connectivity index (χ0) is 19.4. The van der Waals surface area contributed by atoms with Crippen molar-refractivity contribution in [3.63, 3.8) is 0 Å². The number of alkyl halides is 3. The van der Waals surface area contributed by atoms with Crippen LogP contribution in [0, 0.1) is 5.92 Å². The predicted octanol–water partition coefficient (Wildman–Crippen LogP) is 4.87. The Kier molecular flexibility index (Phi) is 5.43. The summed E-state index contributed by atoms with van der Waals surface area (Å²) in [5, 5.41) is 5.28. The molecule has 1 fully saturated rings. The van der Waals surface area contributed by atoms with E-state index in [1.807, 2.05) is 12.1 Å². The summed E-state index contributed by atoms with van der Waals surface area (Å²) < 4.78 is 46.6. The van der Waals surface area contributed by atoms with Crippen LogP contribution in [-0.2, 0) is 0 Å². The zero-order valence-corrected chi connectivity index (χ0v) is 14.5. The first-order chi connectivity index (χ1) is 12.9. The first kappa shape index (κ1) is 18.9. The van der Waals surface area contributed by atoms with Crippen molar-refractivity contribution in [2.45, 2.75) is 25.2 Å². The first-order valence-corrected chi connectivity index (χ1v) is 8.42. The Morgan fingerprint density at radius 3 is 2.37 bits per heavy atom. The molecule has 3 rings (SSSR count). The van der Waals surface area contributed by atoms with E-state index in [2.05, 4.69) is 15.4 Å². The number of amides is 2. The van der Waals surface area contributed by atoms with Crippen LogP contribution in [0.25, 0.3) is 0 Å². The minimum Gasteiger partial charge on any atom is -0.497 e. The number of carbonyl (C=O) groups excluding carboxylic acids is 1. The maximum Gasteiger partial charge on any atom is 0.573 e. The van der Waals surface area contributed by atoms with Crippen molar-refractivity contribution in [2.24, 2.45) is 5.92 Å². The summed E-state index contributed by atoms with van der Waals surface area (Å²) in [6.45, 7) is 0. The Morgan fingerprint density at radius 2 is 1.78 bits per heavy atom. The van der Waals surface area contributed by atoms with Gasteiger partial charge in [0.25, 0.3) is 0 Å². The third-order valence-electron chi connectivity index (χ3n) is 4.22. The largest absolute Gasteiger partial charge is 0.573 e. The van der Waals surface area contributed by atoms with E-state index in [1.54, 1.807) is 19.2 Å². The first-order valence-electron chi connectivity index (χ1n) is 8.42. The van der Waals surface area contributed by atoms with E-state index < -0.39 is 18.1 Å². The molecule has 2 aromatic rings. The number of para-hydroxylation sites is 2. The van der Waals surface area contributed by atoms with Crippen molar-refractivity contribution in [2.75, 3.05) is 12.4 Å². The SMILES string of the molecule is COc1ccc(C(NC(=O)Nc2ccccc2OC(F)(F)F)C2CC2)cc1. The second kappa shape index (κ2) is 7.77. The molecule has 5 nitrogen and oxygen atoms in total. The Labute approximate surface area is 154 Å². The molecule has 0 aliphatic heterocycles. The van der Waals surface area contributed by atoms with Crippen molar-refractivity contribution in [3.05, 3.63) is 54.1 Å². The van der Waals surface area contributed by atoms with Gasteiger partial charge in [-0.2, -0.15) is 0 Å². The number of ether oxygens (including phenoxy) is 2. The monoisotopic (exact) mass is 380 g/mol. The van der Waals surface area contributed by atoms with E-state index in [0.29, 0.717) is 11.7 Å². The number of methoxy groups -OCH3 is 1. The number of carbonyl (C=O) groups is 1. The topological polar surface area (TPSA) is 59.6 Å². The van der Waals surface area contributed by atoms with Crippen molar-refractivity contribution < 1.29 is 27.4 Å². The van der Waals surface area contributed by atoms with Crippen LogP contribution < -0.4 is 20.1 Å². The average Bonchev–Trinajstić information content (AvgIpc) is 3.45. The number of hydrogen-bond acceptors (Lipinski definition) is 3. The van der Waals surface area contributed by atoms with Gasteiger partial charge in [-0.15, -0.1) is 13.2 Å². The highest BCUT2D eigenvalue weighted by atomic mass is 19.4. The molecule has 0 radical (unpaired) electrons. The maximum atomic E-state index is 12.5. The molecule has 1 unspecified atom stereocenters. The van der Waals surface area contributed by atoms with Crippen molar-refractivity contribution in [3.8, 4) is 11.5 Å². The van der Waals surface area contributed by atoms with Crippen LogP contribution in [0.2, 0.25) is 0 Å². The van der Waals surface area contributed by atoms with Crippen molar-refractivity contribution in [1.82, 2.24) is 5.32 Å². The van der Waals surface area contributed by atoms with Crippen LogP contribution >= 0.6 is 0 Å². The van der Waals surface area contributed by atoms with Gasteiger partial charge in [0.15, 0.2) is 5.75 Å². The van der Waals surface area contributed by atoms with Gasteiger partial charge >= 0.3 is 12.4 Å². The molecular formula is C19H19F3N2O3. The van der Waals surface area contributed by atoms with E-state index in [9.17, 15) is 18.0 Å². The summed E-state index contributed by atoms with van der Waals surface area (Å²) in [5.74, 6) is 0.536. The van der Waals surface area contributed by atoms with E-state index in [0.717, 1.165) is 24.5 Å². The Bertz CT molecular complexity index is 790. The van der Waals surface area contributed by atoms with Crippen LogP contribution in [0.1, 0.15) is 24.4 Å². The summed E-state index contributed by atoms with van der Waals surface area (Å²) in [4.78, 5) is 12.4. The quantitative estimate of drug-likeness (QED) is 0.752. The van der Waals surface area contributed by atoms with Crippen LogP contribution in [0.4, 0.5) is 23.7 Å². The number of halogens is 3. The zero-order valence-electron chi connectivity index (χ0n) is 14.5.